The highest BCUT2D eigenvalue weighted by Gasteiger charge is 2.30. The summed E-state index contributed by atoms with van der Waals surface area (Å²) in [7, 11) is 0. The number of aryl methyl sites for hydroxylation is 2. The maximum atomic E-state index is 13.3. The van der Waals surface area contributed by atoms with Gasteiger partial charge in [0, 0.05) is 24.0 Å². The Balaban J connectivity index is 1.43. The van der Waals surface area contributed by atoms with Crippen LogP contribution in [0.2, 0.25) is 0 Å². The van der Waals surface area contributed by atoms with Crippen molar-refractivity contribution in [2.24, 2.45) is 0 Å². The Morgan fingerprint density at radius 2 is 2.07 bits per heavy atom. The van der Waals surface area contributed by atoms with Crippen LogP contribution < -0.4 is 0 Å². The molecule has 1 N–H and O–H groups in total. The monoisotopic (exact) mass is 373 g/mol. The molecule has 1 aliphatic heterocycles. The molecular formula is C23H23N3O2. The molecule has 28 heavy (non-hydrogen) atoms. The average Bonchev–Trinajstić information content (AvgIpc) is 3.29. The molecule has 5 nitrogen and oxygen atoms in total. The summed E-state index contributed by atoms with van der Waals surface area (Å²) in [5, 5.41) is 1.12. The van der Waals surface area contributed by atoms with Gasteiger partial charge in [-0.3, -0.25) is 4.79 Å². The second-order valence-electron chi connectivity index (χ2n) is 7.78. The second kappa shape index (κ2) is 6.51. The molecule has 0 radical (unpaired) electrons. The average molecular weight is 373 g/mol. The van der Waals surface area contributed by atoms with Crippen LogP contribution in [0.25, 0.3) is 22.0 Å². The lowest BCUT2D eigenvalue weighted by atomic mass is 9.97. The first-order chi connectivity index (χ1) is 13.6. The zero-order valence-corrected chi connectivity index (χ0v) is 16.2. The molecule has 0 unspecified atom stereocenters. The molecule has 5 rings (SSSR count). The van der Waals surface area contributed by atoms with Crippen molar-refractivity contribution in [1.29, 1.82) is 0 Å². The number of hydrogen-bond donors (Lipinski definition) is 1. The molecule has 1 amide bonds. The molecule has 1 fully saturated rings. The number of rotatable bonds is 2. The summed E-state index contributed by atoms with van der Waals surface area (Å²) >= 11 is 0. The standard InChI is InChI=1S/C23H23N3O2/c1-14-9-10-18-17(12-14)15(2)21(24-18)23(27)26-11-5-6-16(13-26)22-25-19-7-3-4-8-20(19)28-22/h3-4,7-10,12,16,24H,5-6,11,13H2,1-2H3/t16-/m0/s1. The number of benzene rings is 2. The molecular weight excluding hydrogens is 350 g/mol. The van der Waals surface area contributed by atoms with Gasteiger partial charge >= 0.3 is 0 Å². The van der Waals surface area contributed by atoms with Gasteiger partial charge in [-0.15, -0.1) is 0 Å². The summed E-state index contributed by atoms with van der Waals surface area (Å²) < 4.78 is 5.97. The van der Waals surface area contributed by atoms with Gasteiger partial charge in [0.05, 0.1) is 5.92 Å². The number of aromatic amines is 1. The molecule has 2 aromatic carbocycles. The third kappa shape index (κ3) is 2.78. The van der Waals surface area contributed by atoms with Crippen molar-refractivity contribution >= 4 is 27.9 Å². The van der Waals surface area contributed by atoms with E-state index in [1.54, 1.807) is 0 Å². The lowest BCUT2D eigenvalue weighted by Gasteiger charge is -2.31. The summed E-state index contributed by atoms with van der Waals surface area (Å²) in [6, 6.07) is 14.1. The lowest BCUT2D eigenvalue weighted by molar-refractivity contribution is 0.0693. The number of nitrogens with one attached hydrogen (secondary N) is 1. The van der Waals surface area contributed by atoms with Gasteiger partial charge in [-0.1, -0.05) is 23.8 Å². The van der Waals surface area contributed by atoms with Crippen molar-refractivity contribution in [2.75, 3.05) is 13.1 Å². The van der Waals surface area contributed by atoms with Crippen molar-refractivity contribution in [1.82, 2.24) is 14.9 Å². The predicted octanol–water partition coefficient (Wildman–Crippen LogP) is 4.95. The summed E-state index contributed by atoms with van der Waals surface area (Å²) in [5.74, 6) is 0.937. The van der Waals surface area contributed by atoms with Crippen molar-refractivity contribution in [3.8, 4) is 0 Å². The van der Waals surface area contributed by atoms with Crippen LogP contribution in [-0.2, 0) is 0 Å². The van der Waals surface area contributed by atoms with Crippen LogP contribution in [0.1, 0.15) is 46.3 Å². The third-order valence-corrected chi connectivity index (χ3v) is 5.80. The molecule has 1 saturated heterocycles. The SMILES string of the molecule is Cc1ccc2[nH]c(C(=O)N3CCC[C@H](c4nc5ccccc5o4)C3)c(C)c2c1. The Morgan fingerprint density at radius 3 is 2.93 bits per heavy atom. The quantitative estimate of drug-likeness (QED) is 0.541. The Labute approximate surface area is 163 Å². The van der Waals surface area contributed by atoms with Gasteiger partial charge in [0.25, 0.3) is 5.91 Å². The van der Waals surface area contributed by atoms with E-state index in [2.05, 4.69) is 29.0 Å². The number of hydrogen-bond acceptors (Lipinski definition) is 3. The fourth-order valence-corrected chi connectivity index (χ4v) is 4.24. The Hall–Kier alpha value is -3.08. The van der Waals surface area contributed by atoms with Crippen LogP contribution in [0.3, 0.4) is 0 Å². The van der Waals surface area contributed by atoms with E-state index in [-0.39, 0.29) is 11.8 Å². The Morgan fingerprint density at radius 1 is 1.21 bits per heavy atom. The van der Waals surface area contributed by atoms with E-state index >= 15 is 0 Å². The highest BCUT2D eigenvalue weighted by molar-refractivity contribution is 6.01. The van der Waals surface area contributed by atoms with Crippen molar-refractivity contribution in [3.63, 3.8) is 0 Å². The number of likely N-dealkylation sites (tertiary alicyclic amines) is 1. The smallest absolute Gasteiger partial charge is 0.270 e. The van der Waals surface area contributed by atoms with E-state index < -0.39 is 0 Å². The Kier molecular flexibility index (Phi) is 3.97. The summed E-state index contributed by atoms with van der Waals surface area (Å²) in [4.78, 5) is 23.2. The molecule has 0 bridgehead atoms. The van der Waals surface area contributed by atoms with Gasteiger partial charge in [0.15, 0.2) is 11.5 Å². The fraction of sp³-hybridized carbons (Fsp3) is 0.304. The zero-order chi connectivity index (χ0) is 19.3. The number of nitrogens with zero attached hydrogens (tertiary/aromatic N) is 2. The normalized spacial score (nSPS) is 17.5. The lowest BCUT2D eigenvalue weighted by Crippen LogP contribution is -2.39. The number of carbonyl (C=O) groups excluding carboxylic acids is 1. The maximum absolute atomic E-state index is 13.3. The first-order valence-electron chi connectivity index (χ1n) is 9.84. The molecule has 1 atom stereocenters. The minimum absolute atomic E-state index is 0.0622. The van der Waals surface area contributed by atoms with E-state index in [9.17, 15) is 4.79 Å². The van der Waals surface area contributed by atoms with Crippen molar-refractivity contribution < 1.29 is 9.21 Å². The fourth-order valence-electron chi connectivity index (χ4n) is 4.24. The highest BCUT2D eigenvalue weighted by atomic mass is 16.3. The molecule has 2 aromatic heterocycles. The highest BCUT2D eigenvalue weighted by Crippen LogP contribution is 2.31. The minimum Gasteiger partial charge on any atom is -0.440 e. The van der Waals surface area contributed by atoms with Gasteiger partial charge < -0.3 is 14.3 Å². The van der Waals surface area contributed by atoms with Gasteiger partial charge in [0.1, 0.15) is 11.2 Å². The van der Waals surface area contributed by atoms with Crippen molar-refractivity contribution in [2.45, 2.75) is 32.6 Å². The van der Waals surface area contributed by atoms with Crippen LogP contribution in [0.15, 0.2) is 46.9 Å². The summed E-state index contributed by atoms with van der Waals surface area (Å²) in [5.41, 5.74) is 5.61. The maximum Gasteiger partial charge on any atom is 0.270 e. The van der Waals surface area contributed by atoms with Crippen LogP contribution in [-0.4, -0.2) is 33.9 Å². The summed E-state index contributed by atoms with van der Waals surface area (Å²) in [6.07, 6.45) is 1.94. The number of oxazole rings is 1. The van der Waals surface area contributed by atoms with Gasteiger partial charge in [-0.2, -0.15) is 0 Å². The number of aromatic nitrogens is 2. The number of carbonyl (C=O) groups is 1. The third-order valence-electron chi connectivity index (χ3n) is 5.80. The molecule has 5 heteroatoms. The molecule has 4 aromatic rings. The summed E-state index contributed by atoms with van der Waals surface area (Å²) in [6.45, 7) is 5.50. The number of amides is 1. The van der Waals surface area contributed by atoms with E-state index in [4.69, 9.17) is 4.42 Å². The van der Waals surface area contributed by atoms with Crippen molar-refractivity contribution in [3.05, 3.63) is 65.2 Å². The van der Waals surface area contributed by atoms with E-state index in [0.717, 1.165) is 52.8 Å². The molecule has 1 aliphatic rings. The van der Waals surface area contributed by atoms with Crippen LogP contribution in [0.5, 0.6) is 0 Å². The molecule has 0 aliphatic carbocycles. The second-order valence-corrected chi connectivity index (χ2v) is 7.78. The van der Waals surface area contributed by atoms with E-state index in [1.807, 2.05) is 42.2 Å². The molecule has 3 heterocycles. The molecule has 0 spiro atoms. The van der Waals surface area contributed by atoms with Gasteiger partial charge in [-0.05, 0) is 56.5 Å². The Bertz CT molecular complexity index is 1150. The number of piperidine rings is 1. The first-order valence-corrected chi connectivity index (χ1v) is 9.84. The van der Waals surface area contributed by atoms with Crippen LogP contribution in [0, 0.1) is 13.8 Å². The van der Waals surface area contributed by atoms with E-state index in [0.29, 0.717) is 12.2 Å². The molecule has 142 valence electrons. The minimum atomic E-state index is 0.0622. The molecule has 0 saturated carbocycles. The van der Waals surface area contributed by atoms with Crippen LogP contribution in [0.4, 0.5) is 0 Å². The first kappa shape index (κ1) is 17.0. The van der Waals surface area contributed by atoms with Crippen LogP contribution >= 0.6 is 0 Å². The number of H-pyrrole nitrogens is 1. The number of para-hydroxylation sites is 2. The largest absolute Gasteiger partial charge is 0.440 e. The van der Waals surface area contributed by atoms with E-state index in [1.165, 1.54) is 5.56 Å². The number of fused-ring (bicyclic) bond motifs is 2. The van der Waals surface area contributed by atoms with Gasteiger partial charge in [-0.25, -0.2) is 4.98 Å². The zero-order valence-electron chi connectivity index (χ0n) is 16.2. The topological polar surface area (TPSA) is 62.1 Å². The van der Waals surface area contributed by atoms with Gasteiger partial charge in [0.2, 0.25) is 0 Å². The predicted molar refractivity (Wildman–Crippen MR) is 110 cm³/mol.